The predicted molar refractivity (Wildman–Crippen MR) is 114 cm³/mol. The predicted octanol–water partition coefficient (Wildman–Crippen LogP) is 5.84. The van der Waals surface area contributed by atoms with Crippen molar-refractivity contribution < 1.29 is 28.5 Å². The summed E-state index contributed by atoms with van der Waals surface area (Å²) >= 11 is 0. The number of ether oxygens (including phenoxy) is 4. The van der Waals surface area contributed by atoms with Gasteiger partial charge in [0.05, 0.1) is 13.2 Å². The van der Waals surface area contributed by atoms with Crippen LogP contribution >= 0.6 is 0 Å². The zero-order chi connectivity index (χ0) is 21.7. The van der Waals surface area contributed by atoms with Gasteiger partial charge < -0.3 is 18.9 Å². The van der Waals surface area contributed by atoms with Gasteiger partial charge in [0, 0.05) is 21.9 Å². The molecule has 0 radical (unpaired) electrons. The number of hydrogen-bond acceptors (Lipinski definition) is 6. The summed E-state index contributed by atoms with van der Waals surface area (Å²) < 4.78 is 21.7. The van der Waals surface area contributed by atoms with Crippen LogP contribution in [0.5, 0.6) is 11.5 Å². The maximum Gasteiger partial charge on any atom is 0.513 e. The topological polar surface area (TPSA) is 71.1 Å². The van der Waals surface area contributed by atoms with Crippen LogP contribution in [0.1, 0.15) is 38.8 Å². The number of carbonyl (C=O) groups is 2. The van der Waals surface area contributed by atoms with Gasteiger partial charge in [-0.25, -0.2) is 9.59 Å². The minimum atomic E-state index is -0.740. The summed E-state index contributed by atoms with van der Waals surface area (Å²) in [6, 6.07) is 7.37. The third-order valence-electron chi connectivity index (χ3n) is 4.58. The maximum atomic E-state index is 12.3. The van der Waals surface area contributed by atoms with E-state index in [0.717, 1.165) is 11.1 Å². The molecule has 2 aromatic rings. The van der Waals surface area contributed by atoms with Gasteiger partial charge >= 0.3 is 12.3 Å². The molecule has 0 unspecified atom stereocenters. The van der Waals surface area contributed by atoms with E-state index in [1.54, 1.807) is 0 Å². The van der Waals surface area contributed by atoms with Crippen molar-refractivity contribution in [3.63, 3.8) is 0 Å². The van der Waals surface area contributed by atoms with E-state index in [1.807, 2.05) is 64.1 Å². The van der Waals surface area contributed by atoms with Crippen LogP contribution in [0.2, 0.25) is 0 Å². The van der Waals surface area contributed by atoms with E-state index in [0.29, 0.717) is 35.1 Å². The standard InChI is InChI=1S/C24H28O6/c1-15(2)13-27-23(25)29-21-17-9-5-7-11-19(17)22(20-12-8-6-10-18(20)21)30-24(26)28-14-16(3)4/h5-9,11,15-16H,10,12-14H2,1-4H3. The second-order valence-electron chi connectivity index (χ2n) is 8.15. The molecule has 0 spiro atoms. The molecule has 6 heteroatoms. The lowest BCUT2D eigenvalue weighted by Crippen LogP contribution is -2.18. The first kappa shape index (κ1) is 21.7. The second-order valence-corrected chi connectivity index (χ2v) is 8.15. The first-order valence-corrected chi connectivity index (χ1v) is 10.3. The summed E-state index contributed by atoms with van der Waals surface area (Å²) in [5.41, 5.74) is 1.62. The molecule has 0 heterocycles. The monoisotopic (exact) mass is 412 g/mol. The highest BCUT2D eigenvalue weighted by Crippen LogP contribution is 2.43. The third kappa shape index (κ3) is 5.12. The van der Waals surface area contributed by atoms with Crippen LogP contribution in [0.25, 0.3) is 10.8 Å². The van der Waals surface area contributed by atoms with Crippen LogP contribution < -0.4 is 9.47 Å². The smallest absolute Gasteiger partial charge is 0.434 e. The average Bonchev–Trinajstić information content (AvgIpc) is 2.73. The van der Waals surface area contributed by atoms with E-state index >= 15 is 0 Å². The molecule has 0 bridgehead atoms. The Morgan fingerprint density at radius 2 is 1.17 bits per heavy atom. The lowest BCUT2D eigenvalue weighted by molar-refractivity contribution is 0.0868. The van der Waals surface area contributed by atoms with Crippen molar-refractivity contribution in [1.82, 2.24) is 0 Å². The van der Waals surface area contributed by atoms with Gasteiger partial charge in [-0.3, -0.25) is 0 Å². The maximum absolute atomic E-state index is 12.3. The number of fused-ring (bicyclic) bond motifs is 2. The molecule has 0 atom stereocenters. The van der Waals surface area contributed by atoms with Crippen molar-refractivity contribution in [1.29, 1.82) is 0 Å². The summed E-state index contributed by atoms with van der Waals surface area (Å²) in [7, 11) is 0. The number of hydrogen-bond donors (Lipinski definition) is 0. The molecular formula is C24H28O6. The van der Waals surface area contributed by atoms with E-state index in [4.69, 9.17) is 18.9 Å². The fourth-order valence-corrected chi connectivity index (χ4v) is 3.24. The summed E-state index contributed by atoms with van der Waals surface area (Å²) in [5.74, 6) is 1.31. The average molecular weight is 412 g/mol. The van der Waals surface area contributed by atoms with Gasteiger partial charge in [0.1, 0.15) is 11.5 Å². The van der Waals surface area contributed by atoms with Crippen molar-refractivity contribution in [3.8, 4) is 11.5 Å². The van der Waals surface area contributed by atoms with Crippen molar-refractivity contribution in [3.05, 3.63) is 47.5 Å². The van der Waals surface area contributed by atoms with Crippen molar-refractivity contribution in [2.75, 3.05) is 13.2 Å². The van der Waals surface area contributed by atoms with Crippen LogP contribution in [0.15, 0.2) is 36.4 Å². The second kappa shape index (κ2) is 9.65. The Hall–Kier alpha value is -3.02. The lowest BCUT2D eigenvalue weighted by atomic mass is 9.90. The van der Waals surface area contributed by atoms with Gasteiger partial charge in [-0.1, -0.05) is 64.1 Å². The number of carbonyl (C=O) groups excluding carboxylic acids is 2. The molecule has 1 aliphatic carbocycles. The van der Waals surface area contributed by atoms with Crippen LogP contribution in [-0.2, 0) is 22.3 Å². The fourth-order valence-electron chi connectivity index (χ4n) is 3.24. The Balaban J connectivity index is 2.01. The number of benzene rings is 2. The van der Waals surface area contributed by atoms with Gasteiger partial charge in [-0.05, 0) is 24.7 Å². The number of rotatable bonds is 6. The molecular weight excluding hydrogens is 384 g/mol. The third-order valence-corrected chi connectivity index (χ3v) is 4.58. The molecule has 0 saturated carbocycles. The SMILES string of the molecule is CC(C)COC(=O)Oc1c2c(c(OC(=O)OCC(C)C)c3ccccc13)CC=CC2. The summed E-state index contributed by atoms with van der Waals surface area (Å²) in [4.78, 5) is 24.6. The molecule has 0 fully saturated rings. The van der Waals surface area contributed by atoms with E-state index in [1.165, 1.54) is 0 Å². The van der Waals surface area contributed by atoms with E-state index in [2.05, 4.69) is 0 Å². The van der Waals surface area contributed by atoms with Gasteiger partial charge in [0.2, 0.25) is 0 Å². The molecule has 6 nitrogen and oxygen atoms in total. The molecule has 1 aliphatic rings. The van der Waals surface area contributed by atoms with E-state index in [9.17, 15) is 9.59 Å². The largest absolute Gasteiger partial charge is 0.513 e. The van der Waals surface area contributed by atoms with Gasteiger partial charge in [-0.15, -0.1) is 0 Å². The Labute approximate surface area is 176 Å². The van der Waals surface area contributed by atoms with Gasteiger partial charge in [0.15, 0.2) is 0 Å². The normalized spacial score (nSPS) is 12.7. The minimum absolute atomic E-state index is 0.207. The molecule has 0 aliphatic heterocycles. The van der Waals surface area contributed by atoms with Crippen LogP contribution in [0.4, 0.5) is 9.59 Å². The molecule has 0 N–H and O–H groups in total. The van der Waals surface area contributed by atoms with Crippen molar-refractivity contribution >= 4 is 23.1 Å². The highest BCUT2D eigenvalue weighted by Gasteiger charge is 2.25. The van der Waals surface area contributed by atoms with E-state index < -0.39 is 12.3 Å². The fraction of sp³-hybridized carbons (Fsp3) is 0.417. The molecule has 3 rings (SSSR count). The first-order valence-electron chi connectivity index (χ1n) is 10.3. The molecule has 0 aromatic heterocycles. The quantitative estimate of drug-likeness (QED) is 0.337. The molecule has 30 heavy (non-hydrogen) atoms. The van der Waals surface area contributed by atoms with Crippen molar-refractivity contribution in [2.45, 2.75) is 40.5 Å². The van der Waals surface area contributed by atoms with Crippen LogP contribution in [0.3, 0.4) is 0 Å². The Morgan fingerprint density at radius 1 is 0.767 bits per heavy atom. The first-order chi connectivity index (χ1) is 14.4. The molecule has 2 aromatic carbocycles. The van der Waals surface area contributed by atoms with Gasteiger partial charge in [-0.2, -0.15) is 0 Å². The summed E-state index contributed by atoms with van der Waals surface area (Å²) in [6.07, 6.45) is 3.65. The zero-order valence-corrected chi connectivity index (χ0v) is 17.9. The van der Waals surface area contributed by atoms with E-state index in [-0.39, 0.29) is 25.0 Å². The van der Waals surface area contributed by atoms with Crippen molar-refractivity contribution in [2.24, 2.45) is 11.8 Å². The highest BCUT2D eigenvalue weighted by atomic mass is 16.7. The minimum Gasteiger partial charge on any atom is -0.434 e. The zero-order valence-electron chi connectivity index (χ0n) is 17.9. The summed E-state index contributed by atoms with van der Waals surface area (Å²) in [6.45, 7) is 8.39. The summed E-state index contributed by atoms with van der Waals surface area (Å²) in [5, 5.41) is 1.36. The molecule has 0 saturated heterocycles. The van der Waals surface area contributed by atoms with Gasteiger partial charge in [0.25, 0.3) is 0 Å². The Bertz CT molecular complexity index is 881. The van der Waals surface area contributed by atoms with Crippen LogP contribution in [-0.4, -0.2) is 25.5 Å². The van der Waals surface area contributed by atoms with Crippen LogP contribution in [0, 0.1) is 11.8 Å². The Kier molecular flexibility index (Phi) is 6.98. The Morgan fingerprint density at radius 3 is 1.53 bits per heavy atom. The molecule has 160 valence electrons. The number of allylic oxidation sites excluding steroid dienone is 2. The highest BCUT2D eigenvalue weighted by molar-refractivity contribution is 5.98. The molecule has 0 amide bonds. The lowest BCUT2D eigenvalue weighted by Gasteiger charge is -2.22.